The lowest BCUT2D eigenvalue weighted by atomic mass is 9.98. The maximum absolute atomic E-state index is 14.4. The lowest BCUT2D eigenvalue weighted by molar-refractivity contribution is -0.156. The monoisotopic (exact) mass is 1570 g/mol. The molecule has 4 aromatic rings. The Hall–Kier alpha value is -7.00. The minimum absolute atomic E-state index is 0.00602. The number of phenols is 1. The van der Waals surface area contributed by atoms with Crippen molar-refractivity contribution in [3.63, 3.8) is 0 Å². The summed E-state index contributed by atoms with van der Waals surface area (Å²) in [5.74, 6) is -1.67. The zero-order valence-electron chi connectivity index (χ0n) is 70.2. The number of methoxy groups -OCH3 is 2. The van der Waals surface area contributed by atoms with Crippen molar-refractivity contribution in [2.45, 2.75) is 286 Å². The number of cyclic esters (lactones) is 2. The number of amides is 2. The molecule has 8 rings (SSSR count). The van der Waals surface area contributed by atoms with E-state index in [0.29, 0.717) is 71.5 Å². The van der Waals surface area contributed by atoms with Crippen molar-refractivity contribution in [1.29, 1.82) is 0 Å². The summed E-state index contributed by atoms with van der Waals surface area (Å²) in [5.41, 5.74) is 2.74. The van der Waals surface area contributed by atoms with Gasteiger partial charge in [0.1, 0.15) is 82.0 Å². The molecule has 4 heterocycles. The lowest BCUT2D eigenvalue weighted by Crippen LogP contribution is -2.44. The number of fused-ring (bicyclic) bond motifs is 4. The first-order valence-electron chi connectivity index (χ1n) is 38.2. The molecule has 4 aliphatic rings. The van der Waals surface area contributed by atoms with Crippen molar-refractivity contribution in [1.82, 2.24) is 0 Å². The molecule has 109 heavy (non-hydrogen) atoms. The molecular formula is C86H127ClN2O18Si2. The topological polar surface area (TPSA) is 215 Å². The van der Waals surface area contributed by atoms with E-state index >= 15 is 0 Å². The lowest BCUT2D eigenvalue weighted by Gasteiger charge is -2.37. The summed E-state index contributed by atoms with van der Waals surface area (Å²) in [6, 6.07) is 22.1. The van der Waals surface area contributed by atoms with E-state index in [1.54, 1.807) is 71.9 Å². The molecule has 1 N–H and O–H groups in total. The zero-order valence-corrected chi connectivity index (χ0v) is 73.0. The summed E-state index contributed by atoms with van der Waals surface area (Å²) in [5, 5.41) is 11.3. The number of aromatic hydroxyl groups is 1. The molecule has 0 spiro atoms. The number of benzene rings is 4. The number of ether oxygens (including phenoxy) is 12. The van der Waals surface area contributed by atoms with Gasteiger partial charge in [0.2, 0.25) is 0 Å². The first-order chi connectivity index (χ1) is 50.4. The number of halogens is 1. The van der Waals surface area contributed by atoms with Crippen molar-refractivity contribution < 1.29 is 85.6 Å². The van der Waals surface area contributed by atoms with Crippen LogP contribution in [0.1, 0.15) is 208 Å². The molecule has 2 amide bonds. The van der Waals surface area contributed by atoms with Gasteiger partial charge in [-0.05, 0) is 192 Å². The van der Waals surface area contributed by atoms with E-state index in [1.165, 1.54) is 11.0 Å². The Labute approximate surface area is 657 Å². The Morgan fingerprint density at radius 2 is 0.917 bits per heavy atom. The number of carbonyl (C=O) groups is 4. The molecule has 2 unspecified atom stereocenters. The van der Waals surface area contributed by atoms with Crippen LogP contribution < -0.4 is 23.7 Å². The average molecular weight is 1570 g/mol. The highest BCUT2D eigenvalue weighted by molar-refractivity contribution is 7.20. The highest BCUT2D eigenvalue weighted by Gasteiger charge is 2.47. The van der Waals surface area contributed by atoms with Crippen LogP contribution in [0.25, 0.3) is 12.2 Å². The molecule has 4 aromatic carbocycles. The van der Waals surface area contributed by atoms with Crippen LogP contribution >= 0.6 is 11.1 Å². The van der Waals surface area contributed by atoms with Gasteiger partial charge < -0.3 is 66.4 Å². The van der Waals surface area contributed by atoms with E-state index in [2.05, 4.69) is 67.7 Å². The van der Waals surface area contributed by atoms with Crippen molar-refractivity contribution >= 4 is 74.4 Å². The average Bonchev–Trinajstić information content (AvgIpc) is 1.30. The number of hydrogen-bond acceptors (Lipinski definition) is 18. The Kier molecular flexibility index (Phi) is 31.3. The molecule has 10 atom stereocenters. The van der Waals surface area contributed by atoms with Crippen LogP contribution in [0.15, 0.2) is 109 Å². The van der Waals surface area contributed by atoms with Crippen LogP contribution in [-0.2, 0) is 60.6 Å². The normalized spacial score (nSPS) is 24.4. The van der Waals surface area contributed by atoms with Gasteiger partial charge in [0.25, 0.3) is 8.32 Å². The third-order valence-electron chi connectivity index (χ3n) is 20.0. The SMILES string of the molecule is CC(C)(C)[Si](C)(C)Cl.CCN(C(=O)OC(C)(C)C)c1cc(O)c2c(c1)/C=C/C[C@@H]1OC(C)(C)O[C@@H]1C(OCc1ccc(OC)cc1)/C=C\[C@@H](C)[C@H](C)OC2=O.CCN(C(=O)OC(C)(C)C)c1cc2c(c(O[Si](C)(C)C(C)(C)C)c1)C(=O)O[C@@H](C)[C@H](C)/C=C\C(OCc1ccc(OC)cc1)[C@H]1OC(C)(C)O[C@H]1C/C=C/2. The van der Waals surface area contributed by atoms with Crippen molar-refractivity contribution in [3.05, 3.63) is 143 Å². The molecule has 0 aliphatic carbocycles. The summed E-state index contributed by atoms with van der Waals surface area (Å²) in [6.07, 6.45) is 11.6. The Morgan fingerprint density at radius 3 is 1.27 bits per heavy atom. The fraction of sp³-hybridized carbons (Fsp3) is 0.581. The molecular weight excluding hydrogens is 1440 g/mol. The van der Waals surface area contributed by atoms with Gasteiger partial charge in [-0.15, -0.1) is 0 Å². The second-order valence-corrected chi connectivity index (χ2v) is 46.4. The summed E-state index contributed by atoms with van der Waals surface area (Å²) in [4.78, 5) is 57.4. The minimum atomic E-state index is -2.50. The van der Waals surface area contributed by atoms with Crippen LogP contribution in [0, 0.1) is 11.8 Å². The number of carbonyl (C=O) groups excluding carboxylic acids is 4. The molecule has 20 nitrogen and oxygen atoms in total. The van der Waals surface area contributed by atoms with E-state index in [0.717, 1.165) is 22.6 Å². The maximum atomic E-state index is 14.4. The summed E-state index contributed by atoms with van der Waals surface area (Å²) >= 11 is 6.15. The zero-order chi connectivity index (χ0) is 81.7. The Balaban J connectivity index is 0.000000311. The van der Waals surface area contributed by atoms with Crippen LogP contribution in [0.4, 0.5) is 21.0 Å². The van der Waals surface area contributed by atoms with Gasteiger partial charge in [-0.1, -0.05) is 141 Å². The fourth-order valence-electron chi connectivity index (χ4n) is 11.5. The quantitative estimate of drug-likeness (QED) is 0.0408. The van der Waals surface area contributed by atoms with E-state index in [9.17, 15) is 24.3 Å². The summed E-state index contributed by atoms with van der Waals surface area (Å²) in [7, 11) is -0.614. The molecule has 0 saturated carbocycles. The van der Waals surface area contributed by atoms with Gasteiger partial charge in [0.15, 0.2) is 19.0 Å². The van der Waals surface area contributed by atoms with Crippen molar-refractivity contribution in [2.75, 3.05) is 37.1 Å². The second kappa shape index (κ2) is 37.6. The predicted molar refractivity (Wildman–Crippen MR) is 438 cm³/mol. The standard InChI is InChI=1S/C43H63NO9Si.C37H49NO9.C6H15ClSi/c1-15-44(40(46)52-41(4,5)6)32-25-31-17-16-18-35-38(51-43(10,11)50-35)34(48-27-30-20-22-33(47-12)23-21-30)24-19-28(2)29(3)49-39(45)37(31)36(26-32)53-54(13,14)42(7,8)9;1-10-38(35(41)47-36(4,5)6)27-20-26-12-11-13-31-33(46-37(7,8)45-31)30(43-22-25-15-17-28(42-9)18-16-25)19-14-23(2)24(3)44-34(40)32(26)29(39)21-27;1-6(2,3)8(4,5)7/h16-17,19-26,28-29,34-35,38H,15,18,27H2,1-14H3;11-12,14-21,23-24,30-31,33,39H,10,13,22H2,1-9H3;1-5H3/b17-16+,24-19-;12-11+,19-14-;/t28-,29+,34?,35+,38-;23-,24+,30?,31+,33-;/m11./s1. The van der Waals surface area contributed by atoms with E-state index in [-0.39, 0.29) is 46.9 Å². The molecule has 604 valence electrons. The van der Waals surface area contributed by atoms with Crippen LogP contribution in [0.3, 0.4) is 0 Å². The van der Waals surface area contributed by atoms with E-state index in [1.807, 2.05) is 173 Å². The molecule has 0 aromatic heterocycles. The first-order valence-corrected chi connectivity index (χ1v) is 45.1. The number of phenolic OH excluding ortho intramolecular Hbond substituents is 1. The van der Waals surface area contributed by atoms with Gasteiger partial charge in [-0.25, -0.2) is 19.2 Å². The minimum Gasteiger partial charge on any atom is -0.543 e. The van der Waals surface area contributed by atoms with Gasteiger partial charge in [0, 0.05) is 37.1 Å². The third-order valence-corrected chi connectivity index (χ3v) is 29.6. The number of anilines is 2. The molecule has 0 bridgehead atoms. The molecule has 4 aliphatic heterocycles. The summed E-state index contributed by atoms with van der Waals surface area (Å²) < 4.78 is 79.8. The highest BCUT2D eigenvalue weighted by Crippen LogP contribution is 2.44. The fourth-order valence-corrected chi connectivity index (χ4v) is 12.5. The van der Waals surface area contributed by atoms with Gasteiger partial charge in [-0.3, -0.25) is 9.80 Å². The predicted octanol–water partition coefficient (Wildman–Crippen LogP) is 20.8. The Bertz CT molecular complexity index is 3800. The van der Waals surface area contributed by atoms with E-state index in [4.69, 9.17) is 72.3 Å². The third kappa shape index (κ3) is 26.3. The molecule has 23 heteroatoms. The van der Waals surface area contributed by atoms with Crippen molar-refractivity contribution in [3.8, 4) is 23.0 Å². The molecule has 2 saturated heterocycles. The number of esters is 2. The van der Waals surface area contributed by atoms with Crippen LogP contribution in [-0.4, -0.2) is 144 Å². The summed E-state index contributed by atoms with van der Waals surface area (Å²) in [6.45, 7) is 52.7. The largest absolute Gasteiger partial charge is 0.543 e. The van der Waals surface area contributed by atoms with E-state index < -0.39 is 99.2 Å². The van der Waals surface area contributed by atoms with Gasteiger partial charge in [-0.2, -0.15) is 11.1 Å². The molecule has 0 radical (unpaired) electrons. The second-order valence-electron chi connectivity index (χ2n) is 34.4. The first kappa shape index (κ1) is 90.9. The highest BCUT2D eigenvalue weighted by atomic mass is 35.6. The van der Waals surface area contributed by atoms with Gasteiger partial charge in [0.05, 0.1) is 51.0 Å². The number of nitrogens with zero attached hydrogens (tertiary/aromatic N) is 2. The van der Waals surface area contributed by atoms with Crippen molar-refractivity contribution in [2.24, 2.45) is 11.8 Å². The van der Waals surface area contributed by atoms with Gasteiger partial charge >= 0.3 is 24.1 Å². The maximum Gasteiger partial charge on any atom is 0.414 e. The van der Waals surface area contributed by atoms with Crippen LogP contribution in [0.2, 0.25) is 36.3 Å². The number of hydrogen-bond donors (Lipinski definition) is 1. The Morgan fingerprint density at radius 1 is 0.550 bits per heavy atom. The molecule has 2 fully saturated rings. The smallest absolute Gasteiger partial charge is 0.414 e. The van der Waals surface area contributed by atoms with Crippen LogP contribution in [0.5, 0.6) is 23.0 Å². The number of rotatable bonds is 14.